The summed E-state index contributed by atoms with van der Waals surface area (Å²) in [6.45, 7) is 9.63. The number of aliphatic imine (C=N–C) groups is 1. The third kappa shape index (κ3) is 7.93. The molecule has 2 amide bonds. The third-order valence-electron chi connectivity index (χ3n) is 5.40. The summed E-state index contributed by atoms with van der Waals surface area (Å²) < 4.78 is 5.84. The Bertz CT molecular complexity index is 1320. The molecule has 0 saturated heterocycles. The van der Waals surface area contributed by atoms with E-state index in [2.05, 4.69) is 16.9 Å². The molecule has 0 bridgehead atoms. The molecule has 0 aromatic heterocycles. The number of carbonyl (C=O) groups excluding carboxylic acids is 2. The van der Waals surface area contributed by atoms with Gasteiger partial charge in [-0.05, 0) is 35.4 Å². The van der Waals surface area contributed by atoms with Gasteiger partial charge in [-0.15, -0.1) is 0 Å². The van der Waals surface area contributed by atoms with E-state index >= 15 is 0 Å². The largest absolute Gasteiger partial charge is 0.512 e. The normalized spacial score (nSPS) is 12.1. The molecule has 0 radical (unpaired) electrons. The highest BCUT2D eigenvalue weighted by atomic mass is 16.5. The SMILES string of the molecule is C=C(NC(=O)/N=C(N)\C=C(/O)C(C)(C)C)c1ccc(OCc2ccc(C(=O)c3ccccc3)cc2)cc1. The number of ether oxygens (including phenoxy) is 1. The molecule has 4 N–H and O–H groups in total. The Morgan fingerprint density at radius 3 is 2.11 bits per heavy atom. The molecule has 190 valence electrons. The van der Waals surface area contributed by atoms with Crippen molar-refractivity contribution in [3.63, 3.8) is 0 Å². The lowest BCUT2D eigenvalue weighted by molar-refractivity contribution is 0.103. The first kappa shape index (κ1) is 26.9. The number of ketones is 1. The van der Waals surface area contributed by atoms with Crippen LogP contribution in [0.4, 0.5) is 4.79 Å². The molecule has 3 aromatic rings. The Morgan fingerprint density at radius 2 is 1.51 bits per heavy atom. The van der Waals surface area contributed by atoms with Crippen LogP contribution in [0.1, 0.15) is 47.8 Å². The molecule has 3 rings (SSSR count). The van der Waals surface area contributed by atoms with Crippen LogP contribution in [0.2, 0.25) is 0 Å². The average Bonchev–Trinajstić information content (AvgIpc) is 2.87. The van der Waals surface area contributed by atoms with Gasteiger partial charge in [0.1, 0.15) is 24.0 Å². The van der Waals surface area contributed by atoms with E-state index in [4.69, 9.17) is 10.5 Å². The summed E-state index contributed by atoms with van der Waals surface area (Å²) >= 11 is 0. The Hall–Kier alpha value is -4.65. The van der Waals surface area contributed by atoms with Crippen LogP contribution in [0.25, 0.3) is 5.70 Å². The standard InChI is InChI=1S/C30H31N3O4/c1-20(32-29(36)33-27(31)18-26(34)30(2,3)4)22-14-16-25(17-15-22)37-19-21-10-12-24(13-11-21)28(35)23-8-6-5-7-9-23/h5-18,34H,1,19H2,2-4H3,(H3,31,32,33,36)/b26-18-. The second-order valence-electron chi connectivity index (χ2n) is 9.43. The second-order valence-corrected chi connectivity index (χ2v) is 9.43. The van der Waals surface area contributed by atoms with Gasteiger partial charge in [0.2, 0.25) is 0 Å². The number of amides is 2. The number of rotatable bonds is 8. The molecular formula is C30H31N3O4. The minimum absolute atomic E-state index is 0.0209. The Kier molecular flexibility index (Phi) is 8.64. The molecule has 0 aliphatic heterocycles. The van der Waals surface area contributed by atoms with Crippen LogP contribution in [0.3, 0.4) is 0 Å². The second kappa shape index (κ2) is 11.9. The molecule has 0 spiro atoms. The summed E-state index contributed by atoms with van der Waals surface area (Å²) in [5.41, 5.74) is 8.43. The number of amidine groups is 1. The monoisotopic (exact) mass is 497 g/mol. The predicted molar refractivity (Wildman–Crippen MR) is 146 cm³/mol. The molecule has 0 atom stereocenters. The lowest BCUT2D eigenvalue weighted by Crippen LogP contribution is -2.22. The van der Waals surface area contributed by atoms with Gasteiger partial charge >= 0.3 is 6.03 Å². The van der Waals surface area contributed by atoms with Crippen molar-refractivity contribution in [3.8, 4) is 5.75 Å². The summed E-state index contributed by atoms with van der Waals surface area (Å²) in [5.74, 6) is 0.521. The van der Waals surface area contributed by atoms with Crippen LogP contribution in [-0.2, 0) is 6.61 Å². The maximum atomic E-state index is 12.5. The molecule has 0 unspecified atom stereocenters. The van der Waals surface area contributed by atoms with E-state index < -0.39 is 11.4 Å². The number of aliphatic hydroxyl groups excluding tert-OH is 1. The number of nitrogens with zero attached hydrogens (tertiary/aromatic N) is 1. The average molecular weight is 498 g/mol. The zero-order chi connectivity index (χ0) is 27.0. The van der Waals surface area contributed by atoms with Gasteiger partial charge in [0.05, 0.1) is 0 Å². The van der Waals surface area contributed by atoms with Gasteiger partial charge in [0.25, 0.3) is 0 Å². The zero-order valence-electron chi connectivity index (χ0n) is 21.2. The van der Waals surface area contributed by atoms with Crippen LogP contribution < -0.4 is 15.8 Å². The van der Waals surface area contributed by atoms with Gasteiger partial charge in [-0.25, -0.2) is 4.79 Å². The van der Waals surface area contributed by atoms with Crippen LogP contribution in [0, 0.1) is 5.41 Å². The van der Waals surface area contributed by atoms with Crippen LogP contribution >= 0.6 is 0 Å². The van der Waals surface area contributed by atoms with Crippen molar-refractivity contribution in [1.29, 1.82) is 0 Å². The van der Waals surface area contributed by atoms with Gasteiger partial charge in [-0.3, -0.25) is 4.79 Å². The number of nitrogens with one attached hydrogen (secondary N) is 1. The molecule has 7 heteroatoms. The van der Waals surface area contributed by atoms with Crippen molar-refractivity contribution in [1.82, 2.24) is 5.32 Å². The number of nitrogens with two attached hydrogens (primary N) is 1. The van der Waals surface area contributed by atoms with E-state index in [0.717, 1.165) is 5.56 Å². The van der Waals surface area contributed by atoms with Crippen LogP contribution in [0.5, 0.6) is 5.75 Å². The number of hydrogen-bond donors (Lipinski definition) is 3. The van der Waals surface area contributed by atoms with Gasteiger partial charge < -0.3 is 20.9 Å². The number of hydrogen-bond acceptors (Lipinski definition) is 4. The van der Waals surface area contributed by atoms with E-state index in [-0.39, 0.29) is 17.4 Å². The number of benzene rings is 3. The van der Waals surface area contributed by atoms with E-state index in [9.17, 15) is 14.7 Å². The molecule has 7 nitrogen and oxygen atoms in total. The molecule has 3 aromatic carbocycles. The molecule has 0 saturated carbocycles. The Balaban J connectivity index is 1.53. The summed E-state index contributed by atoms with van der Waals surface area (Å²) in [6, 6.07) is 22.8. The van der Waals surface area contributed by atoms with E-state index in [0.29, 0.717) is 34.7 Å². The van der Waals surface area contributed by atoms with Crippen molar-refractivity contribution in [2.45, 2.75) is 27.4 Å². The Labute approximate surface area is 217 Å². The lowest BCUT2D eigenvalue weighted by Gasteiger charge is -2.16. The zero-order valence-corrected chi connectivity index (χ0v) is 21.2. The molecule has 0 heterocycles. The maximum Gasteiger partial charge on any atom is 0.347 e. The number of carbonyl (C=O) groups is 2. The fourth-order valence-electron chi connectivity index (χ4n) is 3.16. The van der Waals surface area contributed by atoms with Crippen molar-refractivity contribution in [2.24, 2.45) is 16.1 Å². The smallest absolute Gasteiger partial charge is 0.347 e. The fraction of sp³-hybridized carbons (Fsp3) is 0.167. The summed E-state index contributed by atoms with van der Waals surface area (Å²) in [7, 11) is 0. The highest BCUT2D eigenvalue weighted by Gasteiger charge is 2.16. The van der Waals surface area contributed by atoms with E-state index in [1.807, 2.05) is 51.1 Å². The van der Waals surface area contributed by atoms with Crippen molar-refractivity contribution < 1.29 is 19.4 Å². The molecule has 0 aliphatic carbocycles. The number of allylic oxidation sites excluding steroid dienone is 1. The van der Waals surface area contributed by atoms with E-state index in [1.165, 1.54) is 6.08 Å². The van der Waals surface area contributed by atoms with Gasteiger partial charge in [-0.1, -0.05) is 81.9 Å². The van der Waals surface area contributed by atoms with Crippen molar-refractivity contribution >= 4 is 23.3 Å². The van der Waals surface area contributed by atoms with Gasteiger partial charge in [0, 0.05) is 28.3 Å². The molecule has 0 fully saturated rings. The number of urea groups is 1. The van der Waals surface area contributed by atoms with Crippen LogP contribution in [-0.4, -0.2) is 22.8 Å². The topological polar surface area (TPSA) is 114 Å². The summed E-state index contributed by atoms with van der Waals surface area (Å²) in [6.07, 6.45) is 1.25. The first-order valence-corrected chi connectivity index (χ1v) is 11.7. The van der Waals surface area contributed by atoms with Gasteiger partial charge in [-0.2, -0.15) is 4.99 Å². The minimum Gasteiger partial charge on any atom is -0.512 e. The van der Waals surface area contributed by atoms with E-state index in [1.54, 1.807) is 48.5 Å². The first-order chi connectivity index (χ1) is 17.5. The number of aliphatic hydroxyl groups is 1. The maximum absolute atomic E-state index is 12.5. The van der Waals surface area contributed by atoms with Crippen molar-refractivity contribution in [3.05, 3.63) is 120 Å². The molecular weight excluding hydrogens is 466 g/mol. The quantitative estimate of drug-likeness (QED) is 0.152. The first-order valence-electron chi connectivity index (χ1n) is 11.7. The lowest BCUT2D eigenvalue weighted by atomic mass is 9.93. The van der Waals surface area contributed by atoms with Gasteiger partial charge in [0.15, 0.2) is 5.78 Å². The fourth-order valence-corrected chi connectivity index (χ4v) is 3.16. The predicted octanol–water partition coefficient (Wildman–Crippen LogP) is 6.02. The minimum atomic E-state index is -0.699. The summed E-state index contributed by atoms with van der Waals surface area (Å²) in [4.78, 5) is 28.4. The Morgan fingerprint density at radius 1 is 0.946 bits per heavy atom. The molecule has 37 heavy (non-hydrogen) atoms. The summed E-state index contributed by atoms with van der Waals surface area (Å²) in [5, 5.41) is 12.5. The van der Waals surface area contributed by atoms with Crippen LogP contribution in [0.15, 0.2) is 102 Å². The van der Waals surface area contributed by atoms with Crippen molar-refractivity contribution in [2.75, 3.05) is 0 Å². The molecule has 0 aliphatic rings. The highest BCUT2D eigenvalue weighted by molar-refractivity contribution is 6.09. The highest BCUT2D eigenvalue weighted by Crippen LogP contribution is 2.22. The third-order valence-corrected chi connectivity index (χ3v) is 5.40.